The molecule has 0 saturated carbocycles. The summed E-state index contributed by atoms with van der Waals surface area (Å²) in [4.78, 5) is 9.91. The highest BCUT2D eigenvalue weighted by atomic mass is 15.0. The van der Waals surface area contributed by atoms with Crippen molar-refractivity contribution in [2.75, 3.05) is 0 Å². The van der Waals surface area contributed by atoms with Gasteiger partial charge >= 0.3 is 0 Å². The highest BCUT2D eigenvalue weighted by Crippen LogP contribution is 2.42. The van der Waals surface area contributed by atoms with Crippen LogP contribution >= 0.6 is 0 Å². The van der Waals surface area contributed by atoms with E-state index in [0.717, 1.165) is 44.0 Å². The molecule has 10 aromatic rings. The van der Waals surface area contributed by atoms with Crippen molar-refractivity contribution in [3.63, 3.8) is 0 Å². The van der Waals surface area contributed by atoms with Gasteiger partial charge in [-0.05, 0) is 127 Å². The molecule has 300 valence electrons. The normalized spacial score (nSPS) is 13.3. The van der Waals surface area contributed by atoms with Crippen molar-refractivity contribution in [3.05, 3.63) is 144 Å². The van der Waals surface area contributed by atoms with Gasteiger partial charge in [-0.3, -0.25) is 9.97 Å². The van der Waals surface area contributed by atoms with Crippen molar-refractivity contribution in [2.24, 2.45) is 0 Å². The third-order valence-corrected chi connectivity index (χ3v) is 13.0. The fourth-order valence-electron chi connectivity index (χ4n) is 9.40. The van der Waals surface area contributed by atoms with Crippen LogP contribution in [0.5, 0.6) is 0 Å². The minimum atomic E-state index is 0.0338. The van der Waals surface area contributed by atoms with E-state index in [9.17, 15) is 0 Å². The summed E-state index contributed by atoms with van der Waals surface area (Å²) in [5, 5.41) is 9.68. The Labute approximate surface area is 353 Å². The molecule has 0 unspecified atom stereocenters. The summed E-state index contributed by atoms with van der Waals surface area (Å²) in [5.41, 5.74) is 14.4. The topological polar surface area (TPSA) is 35.6 Å². The van der Waals surface area contributed by atoms with Gasteiger partial charge in [0.05, 0.1) is 33.1 Å². The summed E-state index contributed by atoms with van der Waals surface area (Å²) in [7, 11) is 0. The summed E-state index contributed by atoms with van der Waals surface area (Å²) >= 11 is 0. The van der Waals surface area contributed by atoms with Gasteiger partial charge in [0.25, 0.3) is 0 Å². The van der Waals surface area contributed by atoms with Gasteiger partial charge in [-0.2, -0.15) is 0 Å². The lowest BCUT2D eigenvalue weighted by Crippen LogP contribution is -2.10. The van der Waals surface area contributed by atoms with E-state index in [1.54, 1.807) is 0 Å². The molecule has 0 fully saturated rings. The van der Waals surface area contributed by atoms with Crippen LogP contribution in [0.15, 0.2) is 122 Å². The zero-order chi connectivity index (χ0) is 42.3. The molecule has 3 heterocycles. The first-order chi connectivity index (χ1) is 28.3. The Balaban J connectivity index is 1.27. The third-order valence-electron chi connectivity index (χ3n) is 13.0. The van der Waals surface area contributed by atoms with Crippen molar-refractivity contribution in [2.45, 2.75) is 105 Å². The highest BCUT2D eigenvalue weighted by molar-refractivity contribution is 6.24. The van der Waals surface area contributed by atoms with Crippen LogP contribution in [0.3, 0.4) is 0 Å². The Kier molecular flexibility index (Phi) is 8.12. The van der Waals surface area contributed by atoms with Gasteiger partial charge in [-0.25, -0.2) is 0 Å². The van der Waals surface area contributed by atoms with Crippen molar-refractivity contribution in [1.82, 2.24) is 19.1 Å². The lowest BCUT2D eigenvalue weighted by atomic mass is 9.85. The number of aromatic nitrogens is 4. The number of benzene rings is 7. The first-order valence-electron chi connectivity index (χ1n) is 21.6. The van der Waals surface area contributed by atoms with Crippen LogP contribution in [0, 0.1) is 0 Å². The van der Waals surface area contributed by atoms with E-state index in [4.69, 9.17) is 9.97 Å². The monoisotopic (exact) mass is 784 g/mol. The molecule has 0 aliphatic carbocycles. The zero-order valence-corrected chi connectivity index (χ0v) is 37.3. The predicted molar refractivity (Wildman–Crippen MR) is 258 cm³/mol. The van der Waals surface area contributed by atoms with Gasteiger partial charge in [-0.15, -0.1) is 0 Å². The van der Waals surface area contributed by atoms with E-state index in [1.165, 1.54) is 65.9 Å². The Bertz CT molecular complexity index is 3030. The van der Waals surface area contributed by atoms with Crippen molar-refractivity contribution in [1.29, 1.82) is 0 Å². The van der Waals surface area contributed by atoms with Crippen LogP contribution in [0.25, 0.3) is 87.6 Å². The van der Waals surface area contributed by atoms with Gasteiger partial charge in [0, 0.05) is 56.1 Å². The smallest absolute Gasteiger partial charge is 0.0971 e. The number of hydrogen-bond acceptors (Lipinski definition) is 2. The molecular formula is C56H56N4. The summed E-state index contributed by atoms with van der Waals surface area (Å²) in [6.45, 7) is 27.6. The van der Waals surface area contributed by atoms with Crippen LogP contribution in [-0.2, 0) is 21.7 Å². The Morgan fingerprint density at radius 2 is 0.583 bits per heavy atom. The summed E-state index contributed by atoms with van der Waals surface area (Å²) < 4.78 is 4.93. The first kappa shape index (κ1) is 38.2. The van der Waals surface area contributed by atoms with E-state index in [2.05, 4.69) is 201 Å². The summed E-state index contributed by atoms with van der Waals surface area (Å²) in [6, 6.07) is 42.1. The van der Waals surface area contributed by atoms with Gasteiger partial charge < -0.3 is 9.13 Å². The van der Waals surface area contributed by atoms with Crippen LogP contribution in [0.2, 0.25) is 0 Å². The van der Waals surface area contributed by atoms with E-state index in [1.807, 2.05) is 12.4 Å². The second kappa shape index (κ2) is 12.8. The van der Waals surface area contributed by atoms with E-state index in [-0.39, 0.29) is 21.7 Å². The second-order valence-corrected chi connectivity index (χ2v) is 21.3. The predicted octanol–water partition coefficient (Wildman–Crippen LogP) is 15.3. The molecule has 10 rings (SSSR count). The molecule has 0 N–H and O–H groups in total. The molecule has 0 aliphatic heterocycles. The third kappa shape index (κ3) is 5.93. The quantitative estimate of drug-likeness (QED) is 0.164. The molecule has 0 radical (unpaired) electrons. The van der Waals surface area contributed by atoms with Gasteiger partial charge in [-0.1, -0.05) is 119 Å². The number of nitrogens with zero attached hydrogens (tertiary/aromatic N) is 4. The first-order valence-corrected chi connectivity index (χ1v) is 21.6. The molecule has 0 spiro atoms. The molecule has 60 heavy (non-hydrogen) atoms. The number of hydrogen-bond donors (Lipinski definition) is 0. The SMILES string of the molecule is CC(C)(C)c1ccc2c(c1)c1cc(C(C)(C)C)ccc1n2-c1ccc2c(c1)c1cc(-n3c4ccc(C(C)(C)C)cc4c4cc(C(C)(C)C)ccc43)ccc1c1nccnc21. The molecule has 3 aromatic heterocycles. The average Bonchev–Trinajstić information content (AvgIpc) is 3.70. The van der Waals surface area contributed by atoms with Crippen LogP contribution in [0.1, 0.15) is 105 Å². The van der Waals surface area contributed by atoms with Crippen molar-refractivity contribution >= 4 is 76.2 Å². The Hall–Kier alpha value is -6.00. The van der Waals surface area contributed by atoms with Crippen molar-refractivity contribution in [3.8, 4) is 11.4 Å². The standard InChI is InChI=1S/C56H56N4/c1-53(2,3)33-13-21-47-43(27-33)44-28-34(54(4,5)6)14-22-48(44)59(47)37-17-19-39-41(31-37)42-32-38(18-20-40(42)52-51(39)57-25-26-58-52)60-49-23-15-35(55(7,8)9)29-45(49)46-30-36(56(10,11)12)16-24-50(46)60/h13-32H,1-12H3. The number of rotatable bonds is 2. The molecule has 0 saturated heterocycles. The molecular weight excluding hydrogens is 729 g/mol. The largest absolute Gasteiger partial charge is 0.309 e. The second-order valence-electron chi connectivity index (χ2n) is 21.3. The fraction of sp³-hybridized carbons (Fsp3) is 0.286. The average molecular weight is 785 g/mol. The minimum Gasteiger partial charge on any atom is -0.309 e. The molecule has 0 amide bonds. The van der Waals surface area contributed by atoms with Gasteiger partial charge in [0.15, 0.2) is 0 Å². The maximum Gasteiger partial charge on any atom is 0.0971 e. The maximum absolute atomic E-state index is 4.95. The maximum atomic E-state index is 4.95. The molecule has 0 bridgehead atoms. The number of fused-ring (bicyclic) bond motifs is 12. The Morgan fingerprint density at radius 1 is 0.300 bits per heavy atom. The molecule has 0 aliphatic rings. The fourth-order valence-corrected chi connectivity index (χ4v) is 9.40. The van der Waals surface area contributed by atoms with Crippen molar-refractivity contribution < 1.29 is 0 Å². The lowest BCUT2D eigenvalue weighted by molar-refractivity contribution is 0.590. The van der Waals surface area contributed by atoms with E-state index < -0.39 is 0 Å². The highest BCUT2D eigenvalue weighted by Gasteiger charge is 2.24. The van der Waals surface area contributed by atoms with E-state index in [0.29, 0.717) is 0 Å². The van der Waals surface area contributed by atoms with Gasteiger partial charge in [0.2, 0.25) is 0 Å². The van der Waals surface area contributed by atoms with Crippen LogP contribution < -0.4 is 0 Å². The molecule has 4 nitrogen and oxygen atoms in total. The minimum absolute atomic E-state index is 0.0338. The van der Waals surface area contributed by atoms with E-state index >= 15 is 0 Å². The zero-order valence-electron chi connectivity index (χ0n) is 37.3. The Morgan fingerprint density at radius 3 is 0.850 bits per heavy atom. The summed E-state index contributed by atoms with van der Waals surface area (Å²) in [5.74, 6) is 0. The van der Waals surface area contributed by atoms with Gasteiger partial charge in [0.1, 0.15) is 0 Å². The summed E-state index contributed by atoms with van der Waals surface area (Å²) in [6.07, 6.45) is 3.64. The van der Waals surface area contributed by atoms with Crippen LogP contribution in [-0.4, -0.2) is 19.1 Å². The lowest BCUT2D eigenvalue weighted by Gasteiger charge is -2.19. The molecule has 4 heteroatoms. The van der Waals surface area contributed by atoms with Crippen LogP contribution in [0.4, 0.5) is 0 Å². The molecule has 7 aromatic carbocycles. The molecule has 0 atom stereocenters.